The van der Waals surface area contributed by atoms with Crippen LogP contribution in [0.1, 0.15) is 34.3 Å². The molecule has 0 bridgehead atoms. The normalized spacial score (nSPS) is 23.0. The van der Waals surface area contributed by atoms with Gasteiger partial charge in [0.2, 0.25) is 0 Å². The fourth-order valence-electron chi connectivity index (χ4n) is 6.05. The zero-order valence-electron chi connectivity index (χ0n) is 20.5. The topological polar surface area (TPSA) is 69.7 Å². The molecule has 0 N–H and O–H groups in total. The summed E-state index contributed by atoms with van der Waals surface area (Å²) in [5.41, 5.74) is 0.194. The Morgan fingerprint density at radius 1 is 0.842 bits per heavy atom. The van der Waals surface area contributed by atoms with E-state index in [1.807, 2.05) is 54.6 Å². The van der Waals surface area contributed by atoms with Gasteiger partial charge in [-0.2, -0.15) is 0 Å². The fraction of sp³-hybridized carbons (Fsp3) is 0.156. The molecule has 0 amide bonds. The third-order valence-electron chi connectivity index (χ3n) is 7.65. The van der Waals surface area contributed by atoms with Crippen molar-refractivity contribution in [2.45, 2.75) is 18.3 Å². The highest BCUT2D eigenvalue weighted by atomic mass is 79.9. The molecule has 2 aliphatic rings. The highest BCUT2D eigenvalue weighted by Crippen LogP contribution is 2.79. The summed E-state index contributed by atoms with van der Waals surface area (Å²) in [7, 11) is 0. The van der Waals surface area contributed by atoms with Gasteiger partial charge in [-0.05, 0) is 41.8 Å². The lowest BCUT2D eigenvalue weighted by atomic mass is 9.79. The van der Waals surface area contributed by atoms with Crippen LogP contribution >= 0.6 is 15.9 Å². The van der Waals surface area contributed by atoms with Gasteiger partial charge in [-0.15, -0.1) is 0 Å². The summed E-state index contributed by atoms with van der Waals surface area (Å²) in [6.07, 6.45) is 0. The number of esters is 2. The second kappa shape index (κ2) is 9.07. The lowest BCUT2D eigenvalue weighted by molar-refractivity contribution is -0.161. The Labute approximate surface area is 228 Å². The van der Waals surface area contributed by atoms with Gasteiger partial charge < -0.3 is 9.47 Å². The second-order valence-electron chi connectivity index (χ2n) is 9.48. The van der Waals surface area contributed by atoms with Gasteiger partial charge in [-0.1, -0.05) is 101 Å². The van der Waals surface area contributed by atoms with Crippen LogP contribution in [0.25, 0.3) is 11.1 Å². The number of ether oxygens (including phenoxy) is 2. The quantitative estimate of drug-likeness (QED) is 0.115. The summed E-state index contributed by atoms with van der Waals surface area (Å²) in [6, 6.07) is 31.4. The van der Waals surface area contributed by atoms with Crippen LogP contribution in [0, 0.1) is 5.41 Å². The number of Topliss-reactive ketones (excluding diaryl/α,β-unsaturated/α-hetero) is 1. The van der Waals surface area contributed by atoms with Crippen LogP contribution in [0.3, 0.4) is 0 Å². The van der Waals surface area contributed by atoms with E-state index in [2.05, 4.69) is 15.9 Å². The van der Waals surface area contributed by atoms with Crippen molar-refractivity contribution in [2.24, 2.45) is 5.41 Å². The molecule has 1 fully saturated rings. The van der Waals surface area contributed by atoms with Gasteiger partial charge in [0, 0.05) is 21.5 Å². The van der Waals surface area contributed by atoms with Crippen LogP contribution in [0.15, 0.2) is 108 Å². The van der Waals surface area contributed by atoms with E-state index < -0.39 is 28.7 Å². The minimum atomic E-state index is -1.84. The number of ketones is 1. The van der Waals surface area contributed by atoms with Gasteiger partial charge in [0.1, 0.15) is 5.75 Å². The number of hydrogen-bond acceptors (Lipinski definition) is 5. The summed E-state index contributed by atoms with van der Waals surface area (Å²) in [5, 5.41) is 0. The summed E-state index contributed by atoms with van der Waals surface area (Å²) in [5.74, 6) is -2.29. The zero-order chi connectivity index (χ0) is 26.5. The fourth-order valence-corrected chi connectivity index (χ4v) is 6.43. The molecule has 1 heterocycles. The molecule has 3 atom stereocenters. The zero-order valence-corrected chi connectivity index (χ0v) is 22.1. The molecule has 0 unspecified atom stereocenters. The average molecular weight is 567 g/mol. The first-order valence-corrected chi connectivity index (χ1v) is 13.2. The lowest BCUT2D eigenvalue weighted by Gasteiger charge is -2.23. The van der Waals surface area contributed by atoms with Crippen molar-refractivity contribution >= 4 is 33.7 Å². The van der Waals surface area contributed by atoms with Crippen LogP contribution in [0.2, 0.25) is 0 Å². The smallest absolute Gasteiger partial charge is 0.331 e. The highest BCUT2D eigenvalue weighted by Gasteiger charge is 2.91. The maximum absolute atomic E-state index is 14.7. The molecular weight excluding hydrogens is 544 g/mol. The molecule has 1 saturated carbocycles. The van der Waals surface area contributed by atoms with Gasteiger partial charge in [0.25, 0.3) is 0 Å². The molecule has 6 rings (SSSR count). The van der Waals surface area contributed by atoms with E-state index in [0.29, 0.717) is 22.4 Å². The molecule has 1 aliphatic carbocycles. The summed E-state index contributed by atoms with van der Waals surface area (Å²) in [4.78, 5) is 42.2. The lowest BCUT2D eigenvalue weighted by Crippen LogP contribution is -2.42. The van der Waals surface area contributed by atoms with Crippen molar-refractivity contribution in [2.75, 3.05) is 6.61 Å². The average Bonchev–Trinajstić information content (AvgIpc) is 3.62. The Hall–Kier alpha value is -4.03. The number of carbonyl (C=O) groups is 3. The van der Waals surface area contributed by atoms with Gasteiger partial charge >= 0.3 is 11.9 Å². The maximum atomic E-state index is 14.7. The predicted octanol–water partition coefficient (Wildman–Crippen LogP) is 6.50. The molecule has 4 aromatic rings. The SMILES string of the molecule is CCOC(=O)[C@]12C(=O)Oc3ccc(Br)cc3[C@H]1[C@]2(C(=O)c1ccc(-c2ccccc2)cc1)c1ccccc1. The second-order valence-corrected chi connectivity index (χ2v) is 10.4. The third kappa shape index (κ3) is 3.26. The monoisotopic (exact) mass is 566 g/mol. The van der Waals surface area contributed by atoms with E-state index in [4.69, 9.17) is 9.47 Å². The van der Waals surface area contributed by atoms with Crippen molar-refractivity contribution in [1.29, 1.82) is 0 Å². The summed E-state index contributed by atoms with van der Waals surface area (Å²) >= 11 is 3.50. The summed E-state index contributed by atoms with van der Waals surface area (Å²) < 4.78 is 12.0. The van der Waals surface area contributed by atoms with Crippen molar-refractivity contribution in [3.05, 3.63) is 124 Å². The van der Waals surface area contributed by atoms with E-state index in [0.717, 1.165) is 15.6 Å². The van der Waals surface area contributed by atoms with Crippen molar-refractivity contribution in [1.82, 2.24) is 0 Å². The third-order valence-corrected chi connectivity index (χ3v) is 8.14. The molecule has 6 heteroatoms. The molecule has 188 valence electrons. The Morgan fingerprint density at radius 3 is 2.13 bits per heavy atom. The van der Waals surface area contributed by atoms with Crippen molar-refractivity contribution in [3.8, 4) is 16.9 Å². The van der Waals surface area contributed by atoms with E-state index in [1.54, 1.807) is 55.5 Å². The van der Waals surface area contributed by atoms with E-state index >= 15 is 0 Å². The Balaban J connectivity index is 1.57. The number of fused-ring (bicyclic) bond motifs is 3. The first-order chi connectivity index (χ1) is 18.5. The van der Waals surface area contributed by atoms with Gasteiger partial charge in [-0.25, -0.2) is 0 Å². The van der Waals surface area contributed by atoms with Gasteiger partial charge in [0.05, 0.1) is 12.0 Å². The molecule has 1 aliphatic heterocycles. The van der Waals surface area contributed by atoms with E-state index in [9.17, 15) is 14.4 Å². The molecule has 0 spiro atoms. The van der Waals surface area contributed by atoms with Crippen LogP contribution in [-0.4, -0.2) is 24.3 Å². The standard InChI is InChI=1S/C32H23BrO5/c1-2-37-29(35)32-27(25-19-24(33)17-18-26(25)38-30(32)36)31(32,23-11-7-4-8-12-23)28(34)22-15-13-21(14-16-22)20-9-5-3-6-10-20/h3-19,27H,2H2,1H3/t27-,31-,32-/m0/s1. The van der Waals surface area contributed by atoms with Crippen LogP contribution in [0.5, 0.6) is 5.75 Å². The number of benzene rings is 4. The first kappa shape index (κ1) is 24.3. The Bertz CT molecular complexity index is 1560. The number of carbonyl (C=O) groups excluding carboxylic acids is 3. The Kier molecular flexibility index (Phi) is 5.80. The minimum Gasteiger partial charge on any atom is -0.465 e. The van der Waals surface area contributed by atoms with Crippen LogP contribution < -0.4 is 4.74 Å². The molecule has 5 nitrogen and oxygen atoms in total. The molecule has 38 heavy (non-hydrogen) atoms. The van der Waals surface area contributed by atoms with Crippen LogP contribution in [-0.2, 0) is 19.7 Å². The van der Waals surface area contributed by atoms with Crippen LogP contribution in [0.4, 0.5) is 0 Å². The number of hydrogen-bond donors (Lipinski definition) is 0. The predicted molar refractivity (Wildman–Crippen MR) is 146 cm³/mol. The van der Waals surface area contributed by atoms with Crippen molar-refractivity contribution in [3.63, 3.8) is 0 Å². The Morgan fingerprint density at radius 2 is 1.47 bits per heavy atom. The molecule has 0 saturated heterocycles. The molecule has 0 radical (unpaired) electrons. The number of rotatable bonds is 6. The van der Waals surface area contributed by atoms with Gasteiger partial charge in [0.15, 0.2) is 11.2 Å². The first-order valence-electron chi connectivity index (χ1n) is 12.4. The summed E-state index contributed by atoms with van der Waals surface area (Å²) in [6.45, 7) is 1.75. The molecule has 4 aromatic carbocycles. The van der Waals surface area contributed by atoms with E-state index in [-0.39, 0.29) is 12.4 Å². The van der Waals surface area contributed by atoms with Gasteiger partial charge in [-0.3, -0.25) is 14.4 Å². The maximum Gasteiger partial charge on any atom is 0.331 e. The number of halogens is 1. The highest BCUT2D eigenvalue weighted by molar-refractivity contribution is 9.10. The van der Waals surface area contributed by atoms with Crippen molar-refractivity contribution < 1.29 is 23.9 Å². The molecule has 0 aromatic heterocycles. The molecular formula is C32H23BrO5. The van der Waals surface area contributed by atoms with E-state index in [1.165, 1.54) is 0 Å². The minimum absolute atomic E-state index is 0.0662. The largest absolute Gasteiger partial charge is 0.465 e.